The Kier molecular flexibility index (Phi) is 5.83. The third kappa shape index (κ3) is 4.15. The van der Waals surface area contributed by atoms with Crippen molar-refractivity contribution in [2.75, 3.05) is 6.54 Å². The zero-order valence-electron chi connectivity index (χ0n) is 18.1. The van der Waals surface area contributed by atoms with Crippen molar-refractivity contribution in [1.29, 1.82) is 0 Å². The van der Waals surface area contributed by atoms with E-state index in [1.54, 1.807) is 0 Å². The van der Waals surface area contributed by atoms with Gasteiger partial charge in [0.1, 0.15) is 12.1 Å². The van der Waals surface area contributed by atoms with Crippen LogP contribution in [0.5, 0.6) is 0 Å². The Labute approximate surface area is 188 Å². The normalized spacial score (nSPS) is 23.5. The van der Waals surface area contributed by atoms with Gasteiger partial charge >= 0.3 is 12.0 Å². The van der Waals surface area contributed by atoms with Gasteiger partial charge in [-0.05, 0) is 37.8 Å². The number of imide groups is 1. The van der Waals surface area contributed by atoms with Crippen LogP contribution >= 0.6 is 0 Å². The van der Waals surface area contributed by atoms with E-state index in [0.29, 0.717) is 12.0 Å². The zero-order valence-corrected chi connectivity index (χ0v) is 18.1. The quantitative estimate of drug-likeness (QED) is 0.298. The molecule has 1 spiro atoms. The van der Waals surface area contributed by atoms with Crippen molar-refractivity contribution in [2.45, 2.75) is 51.2 Å². The van der Waals surface area contributed by atoms with Crippen LogP contribution in [0.25, 0.3) is 11.5 Å². The molecule has 174 valence electrons. The smallest absolute Gasteiger partial charge is 0.327 e. The Balaban J connectivity index is 1.39. The Hall–Kier alpha value is -3.83. The average Bonchev–Trinajstić information content (AvgIpc) is 3.36. The standard InChI is InChI=1S/C21H23N5O7/c1-12-5-3-4-10-21(12)19(28)25(20(29)22-21)11-16(27)32-13(2)17-23-24-18(33-17)14-6-8-15(9-7-14)26(30)31/h6-9,12-13H,3-5,10-11H2,1-2H3,(H,22,29). The maximum absolute atomic E-state index is 13.0. The van der Waals surface area contributed by atoms with E-state index in [1.165, 1.54) is 31.2 Å². The van der Waals surface area contributed by atoms with Crippen LogP contribution in [-0.2, 0) is 14.3 Å². The Bertz CT molecular complexity index is 1100. The summed E-state index contributed by atoms with van der Waals surface area (Å²) in [5, 5.41) is 21.3. The van der Waals surface area contributed by atoms with E-state index in [1.807, 2.05) is 6.92 Å². The van der Waals surface area contributed by atoms with Gasteiger partial charge in [0.25, 0.3) is 17.5 Å². The van der Waals surface area contributed by atoms with Crippen molar-refractivity contribution < 1.29 is 28.5 Å². The van der Waals surface area contributed by atoms with Crippen molar-refractivity contribution in [2.24, 2.45) is 5.92 Å². The van der Waals surface area contributed by atoms with Crippen molar-refractivity contribution in [3.63, 3.8) is 0 Å². The first-order chi connectivity index (χ1) is 15.7. The van der Waals surface area contributed by atoms with E-state index in [2.05, 4.69) is 15.5 Å². The third-order valence-electron chi connectivity index (χ3n) is 6.21. The monoisotopic (exact) mass is 457 g/mol. The number of amides is 3. The number of non-ortho nitro benzene ring substituents is 1. The van der Waals surface area contributed by atoms with Gasteiger partial charge in [-0.1, -0.05) is 19.8 Å². The highest BCUT2D eigenvalue weighted by Gasteiger charge is 2.55. The number of nitrogens with zero attached hydrogens (tertiary/aromatic N) is 4. The van der Waals surface area contributed by atoms with E-state index < -0.39 is 41.0 Å². The molecule has 2 heterocycles. The second-order valence-electron chi connectivity index (χ2n) is 8.32. The summed E-state index contributed by atoms with van der Waals surface area (Å²) in [5.74, 6) is -1.10. The van der Waals surface area contributed by atoms with Crippen LogP contribution in [0.15, 0.2) is 28.7 Å². The number of nitro groups is 1. The minimum Gasteiger partial charge on any atom is -0.451 e. The van der Waals surface area contributed by atoms with Gasteiger partial charge in [-0.25, -0.2) is 4.79 Å². The number of urea groups is 1. The number of rotatable bonds is 6. The molecule has 0 radical (unpaired) electrons. The Morgan fingerprint density at radius 1 is 1.33 bits per heavy atom. The number of esters is 1. The Morgan fingerprint density at radius 2 is 2.06 bits per heavy atom. The van der Waals surface area contributed by atoms with Crippen molar-refractivity contribution in [3.05, 3.63) is 40.3 Å². The lowest BCUT2D eigenvalue weighted by Gasteiger charge is -2.36. The molecule has 3 unspecified atom stereocenters. The Morgan fingerprint density at radius 3 is 2.73 bits per heavy atom. The van der Waals surface area contributed by atoms with Crippen LogP contribution in [0, 0.1) is 16.0 Å². The van der Waals surface area contributed by atoms with Gasteiger partial charge in [0, 0.05) is 17.7 Å². The fourth-order valence-electron chi connectivity index (χ4n) is 4.29. The summed E-state index contributed by atoms with van der Waals surface area (Å²) in [4.78, 5) is 49.0. The van der Waals surface area contributed by atoms with Gasteiger partial charge in [0.05, 0.1) is 4.92 Å². The SMILES string of the molecule is CC(OC(=O)CN1C(=O)NC2(CCCCC2C)C1=O)c1nnc(-c2ccc([N+](=O)[O-])cc2)o1. The summed E-state index contributed by atoms with van der Waals surface area (Å²) in [5.41, 5.74) is -0.567. The summed E-state index contributed by atoms with van der Waals surface area (Å²) in [6, 6.07) is 4.94. The first-order valence-corrected chi connectivity index (χ1v) is 10.6. The van der Waals surface area contributed by atoms with Crippen molar-refractivity contribution in [1.82, 2.24) is 20.4 Å². The lowest BCUT2D eigenvalue weighted by molar-refractivity contribution is -0.384. The largest absolute Gasteiger partial charge is 0.451 e. The molecular weight excluding hydrogens is 434 g/mol. The molecule has 1 aliphatic carbocycles. The summed E-state index contributed by atoms with van der Waals surface area (Å²) < 4.78 is 10.8. The predicted octanol–water partition coefficient (Wildman–Crippen LogP) is 2.75. The van der Waals surface area contributed by atoms with Crippen LogP contribution in [0.4, 0.5) is 10.5 Å². The molecule has 2 fully saturated rings. The van der Waals surface area contributed by atoms with Crippen molar-refractivity contribution >= 4 is 23.6 Å². The number of ether oxygens (including phenoxy) is 1. The fraction of sp³-hybridized carbons (Fsp3) is 0.476. The second kappa shape index (κ2) is 8.60. The number of nitrogens with one attached hydrogen (secondary N) is 1. The molecule has 33 heavy (non-hydrogen) atoms. The molecule has 2 aliphatic rings. The van der Waals surface area contributed by atoms with Crippen LogP contribution in [0.1, 0.15) is 51.5 Å². The molecule has 1 saturated carbocycles. The first kappa shape index (κ1) is 22.4. The molecule has 1 aliphatic heterocycles. The highest BCUT2D eigenvalue weighted by molar-refractivity contribution is 6.09. The number of aromatic nitrogens is 2. The molecule has 1 N–H and O–H groups in total. The van der Waals surface area contributed by atoms with Gasteiger partial charge in [-0.3, -0.25) is 24.6 Å². The molecule has 3 amide bonds. The van der Waals surface area contributed by atoms with Crippen molar-refractivity contribution in [3.8, 4) is 11.5 Å². The maximum atomic E-state index is 13.0. The van der Waals surface area contributed by atoms with Gasteiger partial charge in [-0.15, -0.1) is 10.2 Å². The van der Waals surface area contributed by atoms with E-state index in [-0.39, 0.29) is 23.4 Å². The third-order valence-corrected chi connectivity index (χ3v) is 6.21. The van der Waals surface area contributed by atoms with E-state index in [4.69, 9.17) is 9.15 Å². The lowest BCUT2D eigenvalue weighted by atomic mass is 9.73. The minimum absolute atomic E-state index is 0.00581. The van der Waals surface area contributed by atoms with E-state index in [0.717, 1.165) is 24.2 Å². The number of carbonyl (C=O) groups excluding carboxylic acids is 3. The molecule has 1 saturated heterocycles. The van der Waals surface area contributed by atoms with Crippen LogP contribution in [-0.4, -0.2) is 50.0 Å². The highest BCUT2D eigenvalue weighted by atomic mass is 16.6. The van der Waals surface area contributed by atoms with Crippen LogP contribution in [0.3, 0.4) is 0 Å². The minimum atomic E-state index is -0.951. The summed E-state index contributed by atoms with van der Waals surface area (Å²) in [6.07, 6.45) is 2.28. The number of carbonyl (C=O) groups is 3. The van der Waals surface area contributed by atoms with Crippen LogP contribution < -0.4 is 5.32 Å². The molecule has 2 aromatic rings. The number of nitro benzene ring substituents is 1. The molecular formula is C21H23N5O7. The summed E-state index contributed by atoms with van der Waals surface area (Å²) in [6.45, 7) is 2.92. The second-order valence-corrected chi connectivity index (χ2v) is 8.32. The highest BCUT2D eigenvalue weighted by Crippen LogP contribution is 2.38. The number of benzene rings is 1. The molecule has 12 heteroatoms. The predicted molar refractivity (Wildman–Crippen MR) is 112 cm³/mol. The number of hydrogen-bond acceptors (Lipinski definition) is 9. The summed E-state index contributed by atoms with van der Waals surface area (Å²) >= 11 is 0. The van der Waals surface area contributed by atoms with Gasteiger partial charge in [0.2, 0.25) is 5.89 Å². The fourth-order valence-corrected chi connectivity index (χ4v) is 4.29. The van der Waals surface area contributed by atoms with Gasteiger partial charge in [0.15, 0.2) is 6.10 Å². The molecule has 1 aromatic heterocycles. The maximum Gasteiger partial charge on any atom is 0.327 e. The molecule has 0 bridgehead atoms. The van der Waals surface area contributed by atoms with E-state index in [9.17, 15) is 24.5 Å². The van der Waals surface area contributed by atoms with E-state index >= 15 is 0 Å². The topological polar surface area (TPSA) is 158 Å². The van der Waals surface area contributed by atoms with Gasteiger partial charge < -0.3 is 14.5 Å². The lowest BCUT2D eigenvalue weighted by Crippen LogP contribution is -2.54. The molecule has 4 rings (SSSR count). The zero-order chi connectivity index (χ0) is 23.8. The molecule has 12 nitrogen and oxygen atoms in total. The number of hydrogen-bond donors (Lipinski definition) is 1. The molecule has 3 atom stereocenters. The first-order valence-electron chi connectivity index (χ1n) is 10.6. The van der Waals surface area contributed by atoms with Crippen LogP contribution in [0.2, 0.25) is 0 Å². The average molecular weight is 457 g/mol. The summed E-state index contributed by atoms with van der Waals surface area (Å²) in [7, 11) is 0. The molecule has 1 aromatic carbocycles. The van der Waals surface area contributed by atoms with Gasteiger partial charge in [-0.2, -0.15) is 0 Å².